The van der Waals surface area contributed by atoms with E-state index in [0.29, 0.717) is 0 Å². The van der Waals surface area contributed by atoms with Gasteiger partial charge in [-0.05, 0) is 26.1 Å². The summed E-state index contributed by atoms with van der Waals surface area (Å²) < 4.78 is 2.26. The Balaban J connectivity index is 1.56. The molecule has 2 heterocycles. The van der Waals surface area contributed by atoms with Gasteiger partial charge in [-0.2, -0.15) is 0 Å². The standard InChI is InChI=1S/C24H27N5S2/c1-4-21(28(2)3)22-26-27-24(29(22)15-18-11-7-5-8-12-18)31-17-20-16-30-23(25-20)19-13-9-6-10-14-19/h5-14,16,21H,4,15,17H2,1-3H3. The third-order valence-corrected chi connectivity index (χ3v) is 7.10. The Hall–Kier alpha value is -2.48. The highest BCUT2D eigenvalue weighted by molar-refractivity contribution is 7.98. The SMILES string of the molecule is CCC(c1nnc(SCc2csc(-c3ccccc3)n2)n1Cc1ccccc1)N(C)C. The lowest BCUT2D eigenvalue weighted by atomic mass is 10.2. The molecule has 2 aromatic heterocycles. The first-order chi connectivity index (χ1) is 15.2. The van der Waals surface area contributed by atoms with Gasteiger partial charge in [-0.3, -0.25) is 4.90 Å². The summed E-state index contributed by atoms with van der Waals surface area (Å²) in [6.45, 7) is 2.96. The van der Waals surface area contributed by atoms with Gasteiger partial charge in [0, 0.05) is 16.7 Å². The van der Waals surface area contributed by atoms with Crippen molar-refractivity contribution in [1.29, 1.82) is 0 Å². The summed E-state index contributed by atoms with van der Waals surface area (Å²) in [7, 11) is 4.20. The minimum absolute atomic E-state index is 0.231. The van der Waals surface area contributed by atoms with Crippen LogP contribution in [0.3, 0.4) is 0 Å². The van der Waals surface area contributed by atoms with Crippen molar-refractivity contribution in [1.82, 2.24) is 24.6 Å². The van der Waals surface area contributed by atoms with Gasteiger partial charge in [0.2, 0.25) is 0 Å². The molecule has 0 aliphatic carbocycles. The van der Waals surface area contributed by atoms with Crippen LogP contribution < -0.4 is 0 Å². The van der Waals surface area contributed by atoms with Crippen molar-refractivity contribution in [3.63, 3.8) is 0 Å². The van der Waals surface area contributed by atoms with Crippen LogP contribution in [0.5, 0.6) is 0 Å². The van der Waals surface area contributed by atoms with E-state index in [9.17, 15) is 0 Å². The number of hydrogen-bond donors (Lipinski definition) is 0. The molecule has 160 valence electrons. The fourth-order valence-corrected chi connectivity index (χ4v) is 5.34. The number of aromatic nitrogens is 4. The van der Waals surface area contributed by atoms with E-state index in [-0.39, 0.29) is 6.04 Å². The van der Waals surface area contributed by atoms with Crippen molar-refractivity contribution in [2.45, 2.75) is 36.8 Å². The highest BCUT2D eigenvalue weighted by Gasteiger charge is 2.22. The molecule has 0 aliphatic heterocycles. The molecule has 7 heteroatoms. The molecule has 0 amide bonds. The Morgan fingerprint density at radius 1 is 1.00 bits per heavy atom. The van der Waals surface area contributed by atoms with Crippen molar-refractivity contribution in [3.05, 3.63) is 83.1 Å². The smallest absolute Gasteiger partial charge is 0.191 e. The van der Waals surface area contributed by atoms with E-state index >= 15 is 0 Å². The molecule has 5 nitrogen and oxygen atoms in total. The van der Waals surface area contributed by atoms with Crippen molar-refractivity contribution < 1.29 is 0 Å². The molecular weight excluding hydrogens is 422 g/mol. The van der Waals surface area contributed by atoms with Gasteiger partial charge in [0.25, 0.3) is 0 Å². The quantitative estimate of drug-likeness (QED) is 0.304. The average molecular weight is 450 g/mol. The van der Waals surface area contributed by atoms with E-state index in [0.717, 1.165) is 46.0 Å². The van der Waals surface area contributed by atoms with Crippen molar-refractivity contribution in [2.75, 3.05) is 14.1 Å². The lowest BCUT2D eigenvalue weighted by Crippen LogP contribution is -2.23. The molecule has 1 unspecified atom stereocenters. The fraction of sp³-hybridized carbons (Fsp3) is 0.292. The maximum absolute atomic E-state index is 4.83. The maximum Gasteiger partial charge on any atom is 0.191 e. The lowest BCUT2D eigenvalue weighted by molar-refractivity contribution is 0.272. The number of rotatable bonds is 9. The van der Waals surface area contributed by atoms with Gasteiger partial charge >= 0.3 is 0 Å². The first-order valence-corrected chi connectivity index (χ1v) is 12.3. The van der Waals surface area contributed by atoms with Crippen LogP contribution in [0.4, 0.5) is 0 Å². The minimum Gasteiger partial charge on any atom is -0.300 e. The van der Waals surface area contributed by atoms with Crippen LogP contribution in [-0.4, -0.2) is 38.7 Å². The minimum atomic E-state index is 0.231. The van der Waals surface area contributed by atoms with E-state index < -0.39 is 0 Å². The predicted octanol–water partition coefficient (Wildman–Crippen LogP) is 5.75. The molecule has 0 spiro atoms. The number of thioether (sulfide) groups is 1. The first kappa shape index (κ1) is 21.7. The number of thiazole rings is 1. The van der Waals surface area contributed by atoms with Gasteiger partial charge in [-0.25, -0.2) is 4.98 Å². The average Bonchev–Trinajstić information content (AvgIpc) is 3.42. The summed E-state index contributed by atoms with van der Waals surface area (Å²) in [5.74, 6) is 1.79. The Morgan fingerprint density at radius 3 is 2.39 bits per heavy atom. The van der Waals surface area contributed by atoms with Gasteiger partial charge in [0.15, 0.2) is 11.0 Å². The molecule has 0 radical (unpaired) electrons. The van der Waals surface area contributed by atoms with E-state index in [1.54, 1.807) is 23.1 Å². The highest BCUT2D eigenvalue weighted by atomic mass is 32.2. The first-order valence-electron chi connectivity index (χ1n) is 10.4. The molecule has 0 bridgehead atoms. The van der Waals surface area contributed by atoms with Gasteiger partial charge in [0.05, 0.1) is 18.3 Å². The summed E-state index contributed by atoms with van der Waals surface area (Å²) in [4.78, 5) is 7.04. The van der Waals surface area contributed by atoms with Crippen LogP contribution in [0.1, 0.15) is 36.5 Å². The van der Waals surface area contributed by atoms with Crippen molar-refractivity contribution in [2.24, 2.45) is 0 Å². The Kier molecular flexibility index (Phi) is 7.17. The Labute approximate surface area is 192 Å². The normalized spacial score (nSPS) is 12.4. The topological polar surface area (TPSA) is 46.8 Å². The zero-order valence-electron chi connectivity index (χ0n) is 18.1. The third kappa shape index (κ3) is 5.23. The second kappa shape index (κ2) is 10.2. The maximum atomic E-state index is 4.83. The molecular formula is C24H27N5S2. The molecule has 4 aromatic rings. The van der Waals surface area contributed by atoms with Gasteiger partial charge in [-0.1, -0.05) is 79.3 Å². The molecule has 4 rings (SSSR count). The van der Waals surface area contributed by atoms with Crippen LogP contribution in [0.15, 0.2) is 71.2 Å². The largest absolute Gasteiger partial charge is 0.300 e. The lowest BCUT2D eigenvalue weighted by Gasteiger charge is -2.23. The van der Waals surface area contributed by atoms with Crippen LogP contribution in [0, 0.1) is 0 Å². The summed E-state index contributed by atoms with van der Waals surface area (Å²) in [5.41, 5.74) is 3.48. The van der Waals surface area contributed by atoms with Gasteiger partial charge in [0.1, 0.15) is 5.01 Å². The van der Waals surface area contributed by atoms with Gasteiger partial charge in [-0.15, -0.1) is 21.5 Å². The van der Waals surface area contributed by atoms with E-state index in [1.165, 1.54) is 5.56 Å². The van der Waals surface area contributed by atoms with Crippen molar-refractivity contribution >= 4 is 23.1 Å². The third-order valence-electron chi connectivity index (χ3n) is 5.16. The zero-order valence-corrected chi connectivity index (χ0v) is 19.7. The Bertz CT molecular complexity index is 1090. The zero-order chi connectivity index (χ0) is 21.6. The molecule has 0 aliphatic rings. The van der Waals surface area contributed by atoms with Crippen molar-refractivity contribution in [3.8, 4) is 10.6 Å². The molecule has 1 atom stereocenters. The van der Waals surface area contributed by atoms with Crippen LogP contribution in [-0.2, 0) is 12.3 Å². The molecule has 0 saturated heterocycles. The molecule has 0 N–H and O–H groups in total. The summed E-state index contributed by atoms with van der Waals surface area (Å²) >= 11 is 3.39. The predicted molar refractivity (Wildman–Crippen MR) is 129 cm³/mol. The molecule has 0 saturated carbocycles. The van der Waals surface area contributed by atoms with E-state index in [4.69, 9.17) is 4.98 Å². The van der Waals surface area contributed by atoms with Crippen LogP contribution >= 0.6 is 23.1 Å². The molecule has 2 aromatic carbocycles. The van der Waals surface area contributed by atoms with E-state index in [1.807, 2.05) is 24.3 Å². The second-order valence-corrected chi connectivity index (χ2v) is 9.40. The molecule has 0 fully saturated rings. The second-order valence-electron chi connectivity index (χ2n) is 7.60. The van der Waals surface area contributed by atoms with Crippen LogP contribution in [0.2, 0.25) is 0 Å². The number of benzene rings is 2. The van der Waals surface area contributed by atoms with Gasteiger partial charge < -0.3 is 4.57 Å². The summed E-state index contributed by atoms with van der Waals surface area (Å²) in [6.07, 6.45) is 0.983. The summed E-state index contributed by atoms with van der Waals surface area (Å²) in [6, 6.07) is 21.1. The molecule has 31 heavy (non-hydrogen) atoms. The number of hydrogen-bond acceptors (Lipinski definition) is 6. The van der Waals surface area contributed by atoms with Crippen LogP contribution in [0.25, 0.3) is 10.6 Å². The highest BCUT2D eigenvalue weighted by Crippen LogP contribution is 2.30. The Morgan fingerprint density at radius 2 is 1.71 bits per heavy atom. The number of nitrogens with zero attached hydrogens (tertiary/aromatic N) is 5. The fourth-order valence-electron chi connectivity index (χ4n) is 3.57. The summed E-state index contributed by atoms with van der Waals surface area (Å²) in [5, 5.41) is 13.3. The monoisotopic (exact) mass is 449 g/mol. The van der Waals surface area contributed by atoms with E-state index in [2.05, 4.69) is 82.5 Å².